The van der Waals surface area contributed by atoms with E-state index < -0.39 is 0 Å². The van der Waals surface area contributed by atoms with Crippen molar-refractivity contribution in [2.45, 2.75) is 0 Å². The van der Waals surface area contributed by atoms with Crippen molar-refractivity contribution >= 4 is 0 Å². The first kappa shape index (κ1) is 12.1. The molecule has 0 aliphatic heterocycles. The van der Waals surface area contributed by atoms with Crippen LogP contribution in [-0.4, -0.2) is 38.0 Å². The van der Waals surface area contributed by atoms with E-state index in [0.717, 1.165) is 0 Å². The van der Waals surface area contributed by atoms with Crippen molar-refractivity contribution < 1.29 is 0 Å². The highest BCUT2D eigenvalue weighted by atomic mass is 15.1. The van der Waals surface area contributed by atoms with Crippen molar-refractivity contribution in [2.75, 3.05) is 28.2 Å². The Hall–Kier alpha value is -1.94. The average molecular weight is 190 g/mol. The standard InChI is InChI=1S/C10H14N4/c1-13(2)6-5-10(14(3)4)9(7-11)8-12/h5-6H,1-4H3/b6-5+. The maximum Gasteiger partial charge on any atom is 0.152 e. The SMILES string of the molecule is CN(C)/C=C/C(=C(C#N)C#N)N(C)C. The Morgan fingerprint density at radius 2 is 1.57 bits per heavy atom. The molecule has 0 aromatic heterocycles. The molecule has 0 saturated carbocycles. The van der Waals surface area contributed by atoms with Gasteiger partial charge in [-0.05, 0) is 6.08 Å². The van der Waals surface area contributed by atoms with Crippen LogP contribution in [0.25, 0.3) is 0 Å². The third-order valence-corrected chi connectivity index (χ3v) is 1.49. The minimum absolute atomic E-state index is 0.119. The molecule has 0 aromatic carbocycles. The number of hydrogen-bond donors (Lipinski definition) is 0. The number of likely N-dealkylation sites (N-methyl/N-ethyl adjacent to an activating group) is 1. The van der Waals surface area contributed by atoms with E-state index in [2.05, 4.69) is 0 Å². The summed E-state index contributed by atoms with van der Waals surface area (Å²) in [6.07, 6.45) is 3.53. The monoisotopic (exact) mass is 190 g/mol. The molecule has 74 valence electrons. The largest absolute Gasteiger partial charge is 0.383 e. The molecule has 0 aliphatic carbocycles. The summed E-state index contributed by atoms with van der Waals surface area (Å²) in [6.45, 7) is 0. The van der Waals surface area contributed by atoms with Crippen LogP contribution in [0.1, 0.15) is 0 Å². The molecule has 0 heterocycles. The molecule has 0 aromatic rings. The third-order valence-electron chi connectivity index (χ3n) is 1.49. The summed E-state index contributed by atoms with van der Waals surface area (Å²) in [6, 6.07) is 3.73. The van der Waals surface area contributed by atoms with Crippen molar-refractivity contribution in [3.8, 4) is 12.1 Å². The van der Waals surface area contributed by atoms with Gasteiger partial charge in [-0.1, -0.05) is 0 Å². The lowest BCUT2D eigenvalue weighted by molar-refractivity contribution is 0.518. The Morgan fingerprint density at radius 3 is 1.86 bits per heavy atom. The summed E-state index contributed by atoms with van der Waals surface area (Å²) < 4.78 is 0. The summed E-state index contributed by atoms with van der Waals surface area (Å²) in [5, 5.41) is 17.4. The molecule has 0 rings (SSSR count). The second-order valence-electron chi connectivity index (χ2n) is 3.16. The fraction of sp³-hybridized carbons (Fsp3) is 0.400. The molecule has 0 unspecified atom stereocenters. The molecule has 0 spiro atoms. The lowest BCUT2D eigenvalue weighted by atomic mass is 10.2. The zero-order valence-electron chi connectivity index (χ0n) is 8.94. The Labute approximate surface area is 84.9 Å². The molecule has 4 nitrogen and oxygen atoms in total. The second-order valence-corrected chi connectivity index (χ2v) is 3.16. The Morgan fingerprint density at radius 1 is 1.07 bits per heavy atom. The number of nitriles is 2. The van der Waals surface area contributed by atoms with Gasteiger partial charge in [0.15, 0.2) is 5.57 Å². The van der Waals surface area contributed by atoms with Gasteiger partial charge >= 0.3 is 0 Å². The van der Waals surface area contributed by atoms with Crippen LogP contribution >= 0.6 is 0 Å². The van der Waals surface area contributed by atoms with E-state index in [4.69, 9.17) is 10.5 Å². The van der Waals surface area contributed by atoms with Crippen LogP contribution in [0.2, 0.25) is 0 Å². The average Bonchev–Trinajstić information content (AvgIpc) is 2.11. The van der Waals surface area contributed by atoms with Gasteiger partial charge in [-0.2, -0.15) is 10.5 Å². The van der Waals surface area contributed by atoms with Gasteiger partial charge in [0, 0.05) is 34.4 Å². The number of rotatable bonds is 3. The summed E-state index contributed by atoms with van der Waals surface area (Å²) in [4.78, 5) is 3.58. The zero-order valence-corrected chi connectivity index (χ0v) is 8.94. The van der Waals surface area contributed by atoms with Crippen molar-refractivity contribution in [3.05, 3.63) is 23.5 Å². The zero-order chi connectivity index (χ0) is 11.1. The molecular weight excluding hydrogens is 176 g/mol. The normalized spacial score (nSPS) is 9.00. The van der Waals surface area contributed by atoms with Gasteiger partial charge in [-0.15, -0.1) is 0 Å². The highest BCUT2D eigenvalue weighted by Crippen LogP contribution is 2.07. The highest BCUT2D eigenvalue weighted by molar-refractivity contribution is 5.43. The molecule has 0 amide bonds. The summed E-state index contributed by atoms with van der Waals surface area (Å²) in [7, 11) is 7.35. The fourth-order valence-electron chi connectivity index (χ4n) is 0.815. The summed E-state index contributed by atoms with van der Waals surface area (Å²) in [5.41, 5.74) is 0.733. The maximum absolute atomic E-state index is 8.71. The Bertz CT molecular complexity index is 307. The van der Waals surface area contributed by atoms with E-state index in [0.29, 0.717) is 5.70 Å². The summed E-state index contributed by atoms with van der Waals surface area (Å²) in [5.74, 6) is 0. The smallest absolute Gasteiger partial charge is 0.152 e. The Kier molecular flexibility index (Phi) is 4.88. The van der Waals surface area contributed by atoms with Crippen molar-refractivity contribution in [1.82, 2.24) is 9.80 Å². The topological polar surface area (TPSA) is 54.1 Å². The maximum atomic E-state index is 8.71. The van der Waals surface area contributed by atoms with Crippen LogP contribution in [0.4, 0.5) is 0 Å². The quantitative estimate of drug-likeness (QED) is 0.490. The lowest BCUT2D eigenvalue weighted by Gasteiger charge is -2.14. The van der Waals surface area contributed by atoms with Crippen LogP contribution in [0.3, 0.4) is 0 Å². The van der Waals surface area contributed by atoms with E-state index in [1.165, 1.54) is 0 Å². The van der Waals surface area contributed by atoms with Gasteiger partial charge in [0.05, 0.1) is 5.70 Å². The third kappa shape index (κ3) is 3.64. The minimum atomic E-state index is 0.119. The van der Waals surface area contributed by atoms with E-state index >= 15 is 0 Å². The highest BCUT2D eigenvalue weighted by Gasteiger charge is 2.04. The molecule has 0 fully saturated rings. The molecular formula is C10H14N4. The van der Waals surface area contributed by atoms with Crippen molar-refractivity contribution in [1.29, 1.82) is 10.5 Å². The van der Waals surface area contributed by atoms with Crippen LogP contribution in [0, 0.1) is 22.7 Å². The van der Waals surface area contributed by atoms with Crippen LogP contribution in [-0.2, 0) is 0 Å². The van der Waals surface area contributed by atoms with Crippen LogP contribution < -0.4 is 0 Å². The lowest BCUT2D eigenvalue weighted by Crippen LogP contribution is -2.12. The molecule has 4 heteroatoms. The van der Waals surface area contributed by atoms with Gasteiger partial charge in [0.2, 0.25) is 0 Å². The van der Waals surface area contributed by atoms with Gasteiger partial charge in [-0.25, -0.2) is 0 Å². The molecule has 0 atom stereocenters. The van der Waals surface area contributed by atoms with Crippen LogP contribution in [0.15, 0.2) is 23.5 Å². The second kappa shape index (κ2) is 5.66. The molecule has 0 bridgehead atoms. The molecule has 14 heavy (non-hydrogen) atoms. The fourth-order valence-corrected chi connectivity index (χ4v) is 0.815. The Balaban J connectivity index is 5.09. The number of nitrogens with zero attached hydrogens (tertiary/aromatic N) is 4. The molecule has 0 saturated heterocycles. The first-order valence-electron chi connectivity index (χ1n) is 4.09. The van der Waals surface area contributed by atoms with Crippen molar-refractivity contribution in [3.63, 3.8) is 0 Å². The predicted octanol–water partition coefficient (Wildman–Crippen LogP) is 0.925. The summed E-state index contributed by atoms with van der Waals surface area (Å²) >= 11 is 0. The van der Waals surface area contributed by atoms with Gasteiger partial charge in [-0.3, -0.25) is 0 Å². The van der Waals surface area contributed by atoms with Gasteiger partial charge in [0.1, 0.15) is 12.1 Å². The minimum Gasteiger partial charge on any atom is -0.383 e. The van der Waals surface area contributed by atoms with E-state index in [-0.39, 0.29) is 5.57 Å². The van der Waals surface area contributed by atoms with E-state index in [1.54, 1.807) is 31.3 Å². The molecule has 0 aliphatic rings. The van der Waals surface area contributed by atoms with Gasteiger partial charge < -0.3 is 9.80 Å². The first-order chi connectivity index (χ1) is 6.52. The van der Waals surface area contributed by atoms with Crippen LogP contribution in [0.5, 0.6) is 0 Å². The first-order valence-corrected chi connectivity index (χ1v) is 4.09. The van der Waals surface area contributed by atoms with E-state index in [9.17, 15) is 0 Å². The predicted molar refractivity (Wildman–Crippen MR) is 54.8 cm³/mol. The molecule has 0 N–H and O–H groups in total. The molecule has 0 radical (unpaired) electrons. The van der Waals surface area contributed by atoms with Gasteiger partial charge in [0.25, 0.3) is 0 Å². The van der Waals surface area contributed by atoms with E-state index in [1.807, 2.05) is 31.1 Å². The van der Waals surface area contributed by atoms with Crippen molar-refractivity contribution in [2.24, 2.45) is 0 Å². The number of allylic oxidation sites excluding steroid dienone is 2. The number of hydrogen-bond acceptors (Lipinski definition) is 4.